The van der Waals surface area contributed by atoms with Crippen molar-refractivity contribution < 1.29 is 28.6 Å². The van der Waals surface area contributed by atoms with Crippen LogP contribution >= 0.6 is 0 Å². The Bertz CT molecular complexity index is 1710. The normalized spacial score (nSPS) is 18.2. The summed E-state index contributed by atoms with van der Waals surface area (Å²) < 4.78 is 17.9. The minimum absolute atomic E-state index is 0.128. The molecular formula is C40H54N6O6. The third-order valence-corrected chi connectivity index (χ3v) is 9.87. The molecule has 12 heteroatoms. The third-order valence-electron chi connectivity index (χ3n) is 9.87. The molecule has 1 saturated carbocycles. The van der Waals surface area contributed by atoms with Crippen LogP contribution in [0.15, 0.2) is 54.9 Å². The number of amides is 3. The molecule has 52 heavy (non-hydrogen) atoms. The number of piperidine rings is 1. The van der Waals surface area contributed by atoms with Gasteiger partial charge in [-0.05, 0) is 91.0 Å². The maximum absolute atomic E-state index is 14.2. The summed E-state index contributed by atoms with van der Waals surface area (Å²) in [4.78, 5) is 48.1. The number of benzene rings is 2. The van der Waals surface area contributed by atoms with Gasteiger partial charge < -0.3 is 33.8 Å². The number of hydrogen-bond donors (Lipinski definition) is 1. The molecule has 280 valence electrons. The zero-order chi connectivity index (χ0) is 37.0. The van der Waals surface area contributed by atoms with Crippen molar-refractivity contribution in [3.8, 4) is 22.6 Å². The summed E-state index contributed by atoms with van der Waals surface area (Å²) in [6.45, 7) is 15.2. The summed E-state index contributed by atoms with van der Waals surface area (Å²) in [7, 11) is 0. The van der Waals surface area contributed by atoms with E-state index in [2.05, 4.69) is 32.1 Å². The second-order valence-corrected chi connectivity index (χ2v) is 15.6. The van der Waals surface area contributed by atoms with Gasteiger partial charge in [-0.25, -0.2) is 4.79 Å². The van der Waals surface area contributed by atoms with Crippen LogP contribution < -0.4 is 14.4 Å². The standard InChI is InChI=1S/C40H54N6O6/c1-7-50-35-22-28(31-24-41-42-25-31)13-14-29(35)27-46(32-15-16-32)36(47)30-10-9-17-45(26-30)33-11-8-12-34(23-33)51-40(5,6)37(48)43-18-20-44(21-19-43)38(49)52-39(2,3)4/h8,11-14,22-25,30,32H,7,9-10,15-21,26-27H2,1-6H3,(H,41,42)/t30-/m1/s1. The molecule has 3 fully saturated rings. The Balaban J connectivity index is 1.08. The Morgan fingerprint density at radius 2 is 1.67 bits per heavy atom. The Morgan fingerprint density at radius 1 is 0.923 bits per heavy atom. The van der Waals surface area contributed by atoms with Gasteiger partial charge in [0.05, 0.1) is 18.7 Å². The highest BCUT2D eigenvalue weighted by Crippen LogP contribution is 2.36. The largest absolute Gasteiger partial charge is 0.494 e. The predicted molar refractivity (Wildman–Crippen MR) is 199 cm³/mol. The van der Waals surface area contributed by atoms with Crippen LogP contribution in [0.4, 0.5) is 10.5 Å². The van der Waals surface area contributed by atoms with E-state index in [1.807, 2.05) is 64.2 Å². The number of hydrogen-bond acceptors (Lipinski definition) is 8. The number of H-pyrrole nitrogens is 1. The Hall–Kier alpha value is -4.74. The lowest BCUT2D eigenvalue weighted by molar-refractivity contribution is -0.147. The number of ether oxygens (including phenoxy) is 3. The van der Waals surface area contributed by atoms with Crippen molar-refractivity contribution in [2.45, 2.75) is 91.0 Å². The lowest BCUT2D eigenvalue weighted by Crippen LogP contribution is -2.57. The molecule has 2 aliphatic heterocycles. The highest BCUT2D eigenvalue weighted by molar-refractivity contribution is 5.85. The molecule has 1 aromatic heterocycles. The predicted octanol–water partition coefficient (Wildman–Crippen LogP) is 6.12. The maximum Gasteiger partial charge on any atom is 0.410 e. The van der Waals surface area contributed by atoms with E-state index in [9.17, 15) is 14.4 Å². The van der Waals surface area contributed by atoms with Crippen LogP contribution in [0.25, 0.3) is 11.1 Å². The summed E-state index contributed by atoms with van der Waals surface area (Å²) in [5, 5.41) is 6.95. The molecule has 1 N–H and O–H groups in total. The minimum atomic E-state index is -1.12. The molecule has 3 amide bonds. The Labute approximate surface area is 307 Å². The number of nitrogens with zero attached hydrogens (tertiary/aromatic N) is 5. The average Bonchev–Trinajstić information content (AvgIpc) is 3.81. The van der Waals surface area contributed by atoms with E-state index in [1.165, 1.54) is 0 Å². The topological polar surface area (TPSA) is 121 Å². The summed E-state index contributed by atoms with van der Waals surface area (Å²) in [5.41, 5.74) is 2.30. The van der Waals surface area contributed by atoms with Crippen molar-refractivity contribution in [1.29, 1.82) is 0 Å². The van der Waals surface area contributed by atoms with Crippen molar-refractivity contribution in [3.05, 3.63) is 60.4 Å². The molecule has 1 aliphatic carbocycles. The fourth-order valence-corrected chi connectivity index (χ4v) is 7.05. The molecule has 6 rings (SSSR count). The van der Waals surface area contributed by atoms with Crippen LogP contribution in [0.1, 0.15) is 72.8 Å². The maximum atomic E-state index is 14.2. The van der Waals surface area contributed by atoms with Gasteiger partial charge in [0.15, 0.2) is 5.60 Å². The van der Waals surface area contributed by atoms with Crippen molar-refractivity contribution in [2.24, 2.45) is 5.92 Å². The monoisotopic (exact) mass is 714 g/mol. The average molecular weight is 715 g/mol. The van der Waals surface area contributed by atoms with Crippen LogP contribution in [0.5, 0.6) is 11.5 Å². The minimum Gasteiger partial charge on any atom is -0.494 e. The van der Waals surface area contributed by atoms with Crippen molar-refractivity contribution in [2.75, 3.05) is 50.8 Å². The Kier molecular flexibility index (Phi) is 11.0. The van der Waals surface area contributed by atoms with Crippen LogP contribution in [0.3, 0.4) is 0 Å². The molecule has 2 aromatic carbocycles. The van der Waals surface area contributed by atoms with Gasteiger partial charge in [0.1, 0.15) is 17.1 Å². The summed E-state index contributed by atoms with van der Waals surface area (Å²) in [6, 6.07) is 14.3. The smallest absolute Gasteiger partial charge is 0.410 e. The molecule has 3 aromatic rings. The molecule has 12 nitrogen and oxygen atoms in total. The van der Waals surface area contributed by atoms with Gasteiger partial charge in [-0.2, -0.15) is 5.10 Å². The molecule has 0 unspecified atom stereocenters. The van der Waals surface area contributed by atoms with Crippen LogP contribution in [0, 0.1) is 5.92 Å². The molecular weight excluding hydrogens is 660 g/mol. The molecule has 1 atom stereocenters. The van der Waals surface area contributed by atoms with E-state index >= 15 is 0 Å². The van der Waals surface area contributed by atoms with Gasteiger partial charge in [-0.15, -0.1) is 0 Å². The van der Waals surface area contributed by atoms with E-state index in [-0.39, 0.29) is 29.9 Å². The number of aromatic amines is 1. The number of nitrogens with one attached hydrogen (secondary N) is 1. The lowest BCUT2D eigenvalue weighted by Gasteiger charge is -2.39. The zero-order valence-corrected chi connectivity index (χ0v) is 31.5. The number of carbonyl (C=O) groups is 3. The van der Waals surface area contributed by atoms with E-state index in [0.29, 0.717) is 51.6 Å². The number of rotatable bonds is 11. The lowest BCUT2D eigenvalue weighted by atomic mass is 9.95. The SMILES string of the molecule is CCOc1cc(-c2cn[nH]c2)ccc1CN(C(=O)[C@@H]1CCCN(c2cccc(OC(C)(C)C(=O)N3CCN(C(=O)OC(C)(C)C)CC3)c2)C1)C1CC1. The molecule has 3 aliphatic rings. The van der Waals surface area contributed by atoms with Crippen molar-refractivity contribution in [1.82, 2.24) is 24.9 Å². The van der Waals surface area contributed by atoms with E-state index < -0.39 is 11.2 Å². The number of piperazine rings is 1. The van der Waals surface area contributed by atoms with Gasteiger partial charge in [0.25, 0.3) is 5.91 Å². The zero-order valence-electron chi connectivity index (χ0n) is 31.5. The second kappa shape index (κ2) is 15.5. The molecule has 0 bridgehead atoms. The first-order valence-electron chi connectivity index (χ1n) is 18.7. The molecule has 2 saturated heterocycles. The highest BCUT2D eigenvalue weighted by atomic mass is 16.6. The van der Waals surface area contributed by atoms with Gasteiger partial charge in [-0.3, -0.25) is 14.7 Å². The van der Waals surface area contributed by atoms with E-state index in [0.717, 1.165) is 60.4 Å². The molecule has 0 spiro atoms. The molecule has 0 radical (unpaired) electrons. The van der Waals surface area contributed by atoms with E-state index in [1.54, 1.807) is 29.8 Å². The third kappa shape index (κ3) is 9.00. The van der Waals surface area contributed by atoms with Crippen LogP contribution in [-0.2, 0) is 20.9 Å². The fraction of sp³-hybridized carbons (Fsp3) is 0.550. The van der Waals surface area contributed by atoms with Crippen molar-refractivity contribution in [3.63, 3.8) is 0 Å². The van der Waals surface area contributed by atoms with Gasteiger partial charge in [0, 0.05) is 80.9 Å². The highest BCUT2D eigenvalue weighted by Gasteiger charge is 2.39. The Morgan fingerprint density at radius 3 is 2.35 bits per heavy atom. The first-order chi connectivity index (χ1) is 24.8. The number of carbonyl (C=O) groups excluding carboxylic acids is 3. The quantitative estimate of drug-likeness (QED) is 0.252. The number of aromatic nitrogens is 2. The van der Waals surface area contributed by atoms with Crippen LogP contribution in [-0.4, -0.2) is 106 Å². The van der Waals surface area contributed by atoms with E-state index in [4.69, 9.17) is 14.2 Å². The van der Waals surface area contributed by atoms with Crippen LogP contribution in [0.2, 0.25) is 0 Å². The second-order valence-electron chi connectivity index (χ2n) is 15.6. The van der Waals surface area contributed by atoms with Gasteiger partial charge >= 0.3 is 6.09 Å². The fourth-order valence-electron chi connectivity index (χ4n) is 7.05. The first-order valence-corrected chi connectivity index (χ1v) is 18.7. The summed E-state index contributed by atoms with van der Waals surface area (Å²) >= 11 is 0. The van der Waals surface area contributed by atoms with Gasteiger partial charge in [-0.1, -0.05) is 18.2 Å². The summed E-state index contributed by atoms with van der Waals surface area (Å²) in [5.74, 6) is 1.33. The van der Waals surface area contributed by atoms with Crippen molar-refractivity contribution >= 4 is 23.6 Å². The van der Waals surface area contributed by atoms with Gasteiger partial charge in [0.2, 0.25) is 5.91 Å². The first kappa shape index (κ1) is 37.0. The summed E-state index contributed by atoms with van der Waals surface area (Å²) in [6.07, 6.45) is 7.08. The molecule has 3 heterocycles. The number of anilines is 1.